The number of benzene rings is 1. The molecular formula is C22H27BrN2O2. The van der Waals surface area contributed by atoms with Crippen LogP contribution in [0.25, 0.3) is 0 Å². The average molecular weight is 431 g/mol. The molecule has 27 heavy (non-hydrogen) atoms. The Hall–Kier alpha value is -1.98. The molecule has 1 aromatic heterocycles. The molecule has 0 amide bonds. The maximum Gasteiger partial charge on any atom is 0.211 e. The lowest BCUT2D eigenvalue weighted by Gasteiger charge is -2.07. The molecule has 1 heterocycles. The van der Waals surface area contributed by atoms with Gasteiger partial charge in [-0.15, -0.1) is 6.58 Å². The average Bonchev–Trinajstić information content (AvgIpc) is 2.70. The number of nitrogens with one attached hydrogen (secondary N) is 1. The normalized spacial score (nSPS) is 10.6. The highest BCUT2D eigenvalue weighted by atomic mass is 79.9. The zero-order valence-corrected chi connectivity index (χ0v) is 17.2. The molecule has 5 heteroatoms. The standard InChI is InChI=1S/C22H27BrN2O2/c1-2-3-14-24-15-6-4-5-7-16-27-20-12-13-21(25-17-20)22(26)18-8-10-19(23)11-9-18/h2,8-13,17,24H,1,3-7,14-16H2. The van der Waals surface area contributed by atoms with Crippen molar-refractivity contribution in [3.8, 4) is 5.75 Å². The van der Waals surface area contributed by atoms with Gasteiger partial charge >= 0.3 is 0 Å². The first-order valence-corrected chi connectivity index (χ1v) is 10.2. The Labute approximate surface area is 170 Å². The Morgan fingerprint density at radius 3 is 2.56 bits per heavy atom. The van der Waals surface area contributed by atoms with Crippen LogP contribution in [0, 0.1) is 0 Å². The highest BCUT2D eigenvalue weighted by Crippen LogP contribution is 2.16. The minimum Gasteiger partial charge on any atom is -0.492 e. The number of ether oxygens (including phenoxy) is 1. The van der Waals surface area contributed by atoms with E-state index in [9.17, 15) is 4.79 Å². The molecular weight excluding hydrogens is 404 g/mol. The van der Waals surface area contributed by atoms with Gasteiger partial charge in [0.25, 0.3) is 0 Å². The summed E-state index contributed by atoms with van der Waals surface area (Å²) in [4.78, 5) is 16.6. The third-order valence-electron chi connectivity index (χ3n) is 4.12. The van der Waals surface area contributed by atoms with Gasteiger partial charge in [0.1, 0.15) is 11.4 Å². The Kier molecular flexibility index (Phi) is 9.80. The molecule has 0 bridgehead atoms. The molecule has 0 saturated heterocycles. The molecule has 1 N–H and O–H groups in total. The van der Waals surface area contributed by atoms with E-state index in [1.54, 1.807) is 24.4 Å². The van der Waals surface area contributed by atoms with Crippen LogP contribution in [0.3, 0.4) is 0 Å². The lowest BCUT2D eigenvalue weighted by atomic mass is 10.1. The fraction of sp³-hybridized carbons (Fsp3) is 0.364. The summed E-state index contributed by atoms with van der Waals surface area (Å²) in [5.41, 5.74) is 1.05. The molecule has 2 aromatic rings. The van der Waals surface area contributed by atoms with Crippen molar-refractivity contribution < 1.29 is 9.53 Å². The zero-order chi connectivity index (χ0) is 19.3. The van der Waals surface area contributed by atoms with Gasteiger partial charge in [-0.25, -0.2) is 4.98 Å². The van der Waals surface area contributed by atoms with Crippen LogP contribution in [0.5, 0.6) is 5.75 Å². The quantitative estimate of drug-likeness (QED) is 0.270. The molecule has 4 nitrogen and oxygen atoms in total. The summed E-state index contributed by atoms with van der Waals surface area (Å²) in [6, 6.07) is 10.8. The summed E-state index contributed by atoms with van der Waals surface area (Å²) < 4.78 is 6.66. The van der Waals surface area contributed by atoms with E-state index < -0.39 is 0 Å². The third kappa shape index (κ3) is 8.06. The van der Waals surface area contributed by atoms with Crippen LogP contribution in [0.15, 0.2) is 59.7 Å². The van der Waals surface area contributed by atoms with Gasteiger partial charge in [0.2, 0.25) is 5.78 Å². The molecule has 0 unspecified atom stereocenters. The number of ketones is 1. The van der Waals surface area contributed by atoms with Gasteiger partial charge in [0.15, 0.2) is 0 Å². The van der Waals surface area contributed by atoms with Gasteiger partial charge < -0.3 is 10.1 Å². The number of halogens is 1. The largest absolute Gasteiger partial charge is 0.492 e. The van der Waals surface area contributed by atoms with Crippen LogP contribution in [0.2, 0.25) is 0 Å². The Balaban J connectivity index is 1.63. The fourth-order valence-electron chi connectivity index (χ4n) is 2.57. The van der Waals surface area contributed by atoms with Crippen LogP contribution >= 0.6 is 15.9 Å². The highest BCUT2D eigenvalue weighted by Gasteiger charge is 2.10. The van der Waals surface area contributed by atoms with E-state index in [-0.39, 0.29) is 5.78 Å². The van der Waals surface area contributed by atoms with Crippen LogP contribution < -0.4 is 10.1 Å². The second-order valence-electron chi connectivity index (χ2n) is 6.31. The smallest absolute Gasteiger partial charge is 0.211 e. The van der Waals surface area contributed by atoms with Crippen molar-refractivity contribution in [2.24, 2.45) is 0 Å². The minimum atomic E-state index is -0.0873. The number of rotatable bonds is 13. The van der Waals surface area contributed by atoms with E-state index >= 15 is 0 Å². The molecule has 1 aromatic carbocycles. The Morgan fingerprint density at radius 1 is 1.07 bits per heavy atom. The van der Waals surface area contributed by atoms with E-state index in [1.165, 1.54) is 12.8 Å². The molecule has 0 aliphatic rings. The molecule has 0 aliphatic heterocycles. The summed E-state index contributed by atoms with van der Waals surface area (Å²) in [7, 11) is 0. The van der Waals surface area contributed by atoms with Crippen LogP contribution in [-0.2, 0) is 0 Å². The first-order valence-electron chi connectivity index (χ1n) is 9.41. The number of hydrogen-bond acceptors (Lipinski definition) is 4. The van der Waals surface area contributed by atoms with Crippen molar-refractivity contribution in [1.29, 1.82) is 0 Å². The van der Waals surface area contributed by atoms with Gasteiger partial charge in [-0.2, -0.15) is 0 Å². The molecule has 0 aliphatic carbocycles. The van der Waals surface area contributed by atoms with Crippen LogP contribution in [0.4, 0.5) is 0 Å². The number of aromatic nitrogens is 1. The summed E-state index contributed by atoms with van der Waals surface area (Å²) in [6.45, 7) is 6.45. The topological polar surface area (TPSA) is 51.2 Å². The van der Waals surface area contributed by atoms with Gasteiger partial charge in [-0.1, -0.05) is 34.8 Å². The number of unbranched alkanes of at least 4 members (excludes halogenated alkanes) is 3. The first-order chi connectivity index (χ1) is 13.2. The van der Waals surface area contributed by atoms with Crippen LogP contribution in [-0.4, -0.2) is 30.5 Å². The molecule has 0 atom stereocenters. The summed E-state index contributed by atoms with van der Waals surface area (Å²) >= 11 is 3.37. The van der Waals surface area contributed by atoms with Gasteiger partial charge in [0.05, 0.1) is 12.8 Å². The third-order valence-corrected chi connectivity index (χ3v) is 4.65. The second-order valence-corrected chi connectivity index (χ2v) is 7.22. The Bertz CT molecular complexity index is 699. The predicted octanol–water partition coefficient (Wildman–Crippen LogP) is 5.18. The maximum absolute atomic E-state index is 12.4. The maximum atomic E-state index is 12.4. The van der Waals surface area contributed by atoms with Crippen molar-refractivity contribution in [2.75, 3.05) is 19.7 Å². The SMILES string of the molecule is C=CCCNCCCCCCOc1ccc(C(=O)c2ccc(Br)cc2)nc1. The van der Waals surface area contributed by atoms with Crippen molar-refractivity contribution >= 4 is 21.7 Å². The number of pyridine rings is 1. The summed E-state index contributed by atoms with van der Waals surface area (Å²) in [5, 5.41) is 3.39. The lowest BCUT2D eigenvalue weighted by molar-refractivity contribution is 0.103. The predicted molar refractivity (Wildman–Crippen MR) is 113 cm³/mol. The van der Waals surface area contributed by atoms with Crippen molar-refractivity contribution in [1.82, 2.24) is 10.3 Å². The van der Waals surface area contributed by atoms with Gasteiger partial charge in [0, 0.05) is 10.0 Å². The summed E-state index contributed by atoms with van der Waals surface area (Å²) in [6.07, 6.45) is 9.13. The Morgan fingerprint density at radius 2 is 1.85 bits per heavy atom. The van der Waals surface area contributed by atoms with E-state index in [2.05, 4.69) is 32.8 Å². The minimum absolute atomic E-state index is 0.0873. The summed E-state index contributed by atoms with van der Waals surface area (Å²) in [5.74, 6) is 0.615. The van der Waals surface area contributed by atoms with Crippen LogP contribution in [0.1, 0.15) is 48.2 Å². The highest BCUT2D eigenvalue weighted by molar-refractivity contribution is 9.10. The molecule has 144 valence electrons. The van der Waals surface area contributed by atoms with Crippen molar-refractivity contribution in [3.05, 3.63) is 71.0 Å². The number of carbonyl (C=O) groups excluding carboxylic acids is 1. The first kappa shape index (κ1) is 21.3. The molecule has 0 radical (unpaired) electrons. The molecule has 2 rings (SSSR count). The van der Waals surface area contributed by atoms with E-state index in [0.29, 0.717) is 23.6 Å². The molecule has 0 spiro atoms. The van der Waals surface area contributed by atoms with Crippen molar-refractivity contribution in [2.45, 2.75) is 32.1 Å². The number of hydrogen-bond donors (Lipinski definition) is 1. The second kappa shape index (κ2) is 12.4. The molecule has 0 fully saturated rings. The monoisotopic (exact) mass is 430 g/mol. The van der Waals surface area contributed by atoms with Gasteiger partial charge in [-0.3, -0.25) is 4.79 Å². The van der Waals surface area contributed by atoms with Crippen molar-refractivity contribution in [3.63, 3.8) is 0 Å². The van der Waals surface area contributed by atoms with E-state index in [0.717, 1.165) is 36.8 Å². The zero-order valence-electron chi connectivity index (χ0n) is 15.6. The lowest BCUT2D eigenvalue weighted by Crippen LogP contribution is -2.15. The molecule has 0 saturated carbocycles. The van der Waals surface area contributed by atoms with E-state index in [4.69, 9.17) is 4.74 Å². The number of carbonyl (C=O) groups is 1. The number of nitrogens with zero attached hydrogens (tertiary/aromatic N) is 1. The fourth-order valence-corrected chi connectivity index (χ4v) is 2.84. The van der Waals surface area contributed by atoms with E-state index in [1.807, 2.05) is 24.3 Å². The van der Waals surface area contributed by atoms with Gasteiger partial charge in [-0.05, 0) is 68.8 Å².